The lowest BCUT2D eigenvalue weighted by Crippen LogP contribution is -2.72. The first-order chi connectivity index (χ1) is 11.4. The third kappa shape index (κ3) is 6.38. The fraction of sp³-hybridized carbons (Fsp3) is 1.00. The molecular formula is C12H36BF4N7P2. The molecule has 0 heterocycles. The van der Waals surface area contributed by atoms with E-state index in [1.807, 2.05) is 0 Å². The highest BCUT2D eigenvalue weighted by atomic mass is 31.2. The zero-order valence-electron chi connectivity index (χ0n) is 17.9. The highest BCUT2D eigenvalue weighted by molar-refractivity contribution is 7.62. The van der Waals surface area contributed by atoms with E-state index in [0.29, 0.717) is 0 Å². The Morgan fingerprint density at radius 3 is 1.04 bits per heavy atom. The molecule has 0 saturated heterocycles. The Labute approximate surface area is 158 Å². The van der Waals surface area contributed by atoms with E-state index in [4.69, 9.17) is 4.52 Å². The van der Waals surface area contributed by atoms with Gasteiger partial charge in [-0.2, -0.15) is 0 Å². The smallest absolute Gasteiger partial charge is 0.418 e. The number of rotatable bonds is 7. The maximum atomic E-state index is 9.75. The maximum Gasteiger partial charge on any atom is 0.673 e. The largest absolute Gasteiger partial charge is 0.673 e. The fourth-order valence-corrected chi connectivity index (χ4v) is 8.96. The summed E-state index contributed by atoms with van der Waals surface area (Å²) in [7, 11) is 16.9. The van der Waals surface area contributed by atoms with Crippen molar-refractivity contribution in [2.45, 2.75) is 5.91 Å². The van der Waals surface area contributed by atoms with Crippen molar-refractivity contribution < 1.29 is 17.3 Å². The number of halogens is 4. The normalized spacial score (nSPS) is 14.0. The van der Waals surface area contributed by atoms with E-state index in [1.54, 1.807) is 9.39 Å². The van der Waals surface area contributed by atoms with Crippen molar-refractivity contribution in [1.82, 2.24) is 28.7 Å². The standard InChI is InChI=1S/C12H35N7P2.BF4/c1-14(2)12(15(3)4,16(5)6)19(11)21(13-20,17(7)8)18(9)10;2-1(3,4)5/h20H2,1-11H3;/q;-1/p+1. The molecule has 7 nitrogen and oxygen atoms in total. The van der Waals surface area contributed by atoms with E-state index in [0.717, 1.165) is 0 Å². The Kier molecular flexibility index (Phi) is 11.7. The zero-order valence-corrected chi connectivity index (χ0v) is 20.2. The molecule has 0 aliphatic rings. The van der Waals surface area contributed by atoms with Crippen LogP contribution in [0, 0.1) is 0 Å². The van der Waals surface area contributed by atoms with Gasteiger partial charge in [0.05, 0.1) is 9.39 Å². The van der Waals surface area contributed by atoms with Gasteiger partial charge in [-0.1, -0.05) is 0 Å². The summed E-state index contributed by atoms with van der Waals surface area (Å²) in [6.07, 6.45) is 0. The molecule has 0 rings (SSSR count). The number of hydrogen-bond acceptors (Lipinski definition) is 4. The van der Waals surface area contributed by atoms with Gasteiger partial charge >= 0.3 is 7.25 Å². The third-order valence-electron chi connectivity index (χ3n) is 3.90. The van der Waals surface area contributed by atoms with Gasteiger partial charge < -0.3 is 17.3 Å². The van der Waals surface area contributed by atoms with Crippen LogP contribution in [0.15, 0.2) is 4.52 Å². The molecule has 0 aromatic heterocycles. The van der Waals surface area contributed by atoms with E-state index in [9.17, 15) is 17.3 Å². The molecule has 1 unspecified atom stereocenters. The lowest BCUT2D eigenvalue weighted by atomic mass is 10.3. The molecule has 14 heteroatoms. The maximum absolute atomic E-state index is 9.75. The van der Waals surface area contributed by atoms with E-state index in [-0.39, 0.29) is 5.91 Å². The van der Waals surface area contributed by atoms with Gasteiger partial charge in [-0.15, -0.1) is 4.52 Å². The molecule has 0 radical (unpaired) electrons. The van der Waals surface area contributed by atoms with Gasteiger partial charge in [0.1, 0.15) is 0 Å². The Morgan fingerprint density at radius 1 is 0.692 bits per heavy atom. The predicted octanol–water partition coefficient (Wildman–Crippen LogP) is 2.11. The van der Waals surface area contributed by atoms with Crippen molar-refractivity contribution in [3.8, 4) is 0 Å². The second kappa shape index (κ2) is 10.7. The first-order valence-electron chi connectivity index (χ1n) is 7.80. The molecule has 0 aliphatic heterocycles. The summed E-state index contributed by atoms with van der Waals surface area (Å²) in [5, 5.41) is 0. The Hall–Kier alpha value is 0.205. The van der Waals surface area contributed by atoms with Gasteiger partial charge in [0.25, 0.3) is 0 Å². The molecule has 0 fully saturated rings. The Balaban J connectivity index is 0. The second-order valence-corrected chi connectivity index (χ2v) is 11.1. The zero-order chi connectivity index (χ0) is 21.7. The first kappa shape index (κ1) is 28.4. The van der Waals surface area contributed by atoms with Crippen LogP contribution >= 0.6 is 16.9 Å². The molecule has 160 valence electrons. The minimum atomic E-state index is -6.00. The van der Waals surface area contributed by atoms with Crippen LogP contribution in [-0.2, 0) is 0 Å². The van der Waals surface area contributed by atoms with Gasteiger partial charge in [-0.25, -0.2) is 14.0 Å². The minimum absolute atomic E-state index is 0.383. The van der Waals surface area contributed by atoms with Crippen LogP contribution in [0.5, 0.6) is 0 Å². The highest BCUT2D eigenvalue weighted by Crippen LogP contribution is 2.60. The summed E-state index contributed by atoms with van der Waals surface area (Å²) in [5.41, 5.74) is 0. The Morgan fingerprint density at radius 2 is 0.923 bits per heavy atom. The van der Waals surface area contributed by atoms with Crippen molar-refractivity contribution in [3.63, 3.8) is 0 Å². The molecule has 0 spiro atoms. The Bertz CT molecular complexity index is 433. The SMILES string of the molecule is CN(C)C(N(C)C)(N(C)C)N(C)P(=N[PH3+])(N(C)C)N(C)C.F[B-](F)(F)F. The summed E-state index contributed by atoms with van der Waals surface area (Å²) in [4.78, 5) is 6.68. The lowest BCUT2D eigenvalue weighted by molar-refractivity contribution is -0.179. The van der Waals surface area contributed by atoms with Crippen LogP contribution in [0.3, 0.4) is 0 Å². The molecule has 26 heavy (non-hydrogen) atoms. The average Bonchev–Trinajstić information content (AvgIpc) is 2.36. The third-order valence-corrected chi connectivity index (χ3v) is 8.64. The van der Waals surface area contributed by atoms with Crippen molar-refractivity contribution in [2.75, 3.05) is 77.5 Å². The summed E-state index contributed by atoms with van der Waals surface area (Å²) in [6, 6.07) is 0. The van der Waals surface area contributed by atoms with Crippen LogP contribution in [0.1, 0.15) is 0 Å². The second-order valence-electron chi connectivity index (χ2n) is 6.67. The van der Waals surface area contributed by atoms with Crippen molar-refractivity contribution in [3.05, 3.63) is 0 Å². The van der Waals surface area contributed by atoms with Gasteiger partial charge in [0.2, 0.25) is 7.51 Å². The van der Waals surface area contributed by atoms with E-state index in [2.05, 4.69) is 106 Å². The predicted molar refractivity (Wildman–Crippen MR) is 110 cm³/mol. The molecule has 0 saturated carbocycles. The van der Waals surface area contributed by atoms with Gasteiger partial charge in [-0.3, -0.25) is 14.7 Å². The summed E-state index contributed by atoms with van der Waals surface area (Å²) in [6.45, 7) is 0. The molecule has 1 atom stereocenters. The molecule has 0 aromatic rings. The fourth-order valence-electron chi connectivity index (χ4n) is 3.49. The summed E-state index contributed by atoms with van der Waals surface area (Å²) < 4.78 is 50.7. The summed E-state index contributed by atoms with van der Waals surface area (Å²) in [5.74, 6) is -0.383. The molecule has 0 N–H and O–H groups in total. The van der Waals surface area contributed by atoms with Gasteiger partial charge in [-0.05, 0) is 77.5 Å². The molecule has 0 amide bonds. The van der Waals surface area contributed by atoms with E-state index < -0.39 is 14.8 Å². The molecule has 0 aromatic carbocycles. The minimum Gasteiger partial charge on any atom is -0.418 e. The van der Waals surface area contributed by atoms with Crippen LogP contribution in [0.25, 0.3) is 0 Å². The monoisotopic (exact) mass is 427 g/mol. The van der Waals surface area contributed by atoms with E-state index >= 15 is 0 Å². The molecule has 0 aliphatic carbocycles. The van der Waals surface area contributed by atoms with Crippen LogP contribution in [0.2, 0.25) is 0 Å². The lowest BCUT2D eigenvalue weighted by Gasteiger charge is -2.58. The average molecular weight is 427 g/mol. The van der Waals surface area contributed by atoms with Gasteiger partial charge in [0, 0.05) is 0 Å². The number of hydrogen-bond donors (Lipinski definition) is 0. The van der Waals surface area contributed by atoms with Crippen molar-refractivity contribution in [1.29, 1.82) is 0 Å². The summed E-state index contributed by atoms with van der Waals surface area (Å²) >= 11 is 0. The molecular weight excluding hydrogens is 391 g/mol. The van der Waals surface area contributed by atoms with E-state index in [1.165, 1.54) is 0 Å². The quantitative estimate of drug-likeness (QED) is 0.268. The van der Waals surface area contributed by atoms with Crippen LogP contribution in [0.4, 0.5) is 17.3 Å². The highest BCUT2D eigenvalue weighted by Gasteiger charge is 2.50. The van der Waals surface area contributed by atoms with Crippen molar-refractivity contribution >= 4 is 24.2 Å². The topological polar surface area (TPSA) is 31.8 Å². The van der Waals surface area contributed by atoms with Crippen LogP contribution in [-0.4, -0.2) is 119 Å². The van der Waals surface area contributed by atoms with Crippen molar-refractivity contribution in [2.24, 2.45) is 4.52 Å². The van der Waals surface area contributed by atoms with Crippen LogP contribution < -0.4 is 0 Å². The first-order valence-corrected chi connectivity index (χ1v) is 10.0. The van der Waals surface area contributed by atoms with Gasteiger partial charge in [0.15, 0.2) is 5.91 Å². The molecule has 0 bridgehead atoms. The number of nitrogens with zero attached hydrogens (tertiary/aromatic N) is 7.